The van der Waals surface area contributed by atoms with Crippen LogP contribution in [-0.4, -0.2) is 121 Å². The van der Waals surface area contributed by atoms with Gasteiger partial charge in [0.15, 0.2) is 6.29 Å². The highest BCUT2D eigenvalue weighted by atomic mass is 16.6. The Bertz CT molecular complexity index is 2510. The van der Waals surface area contributed by atoms with Crippen LogP contribution in [0.1, 0.15) is 111 Å². The highest BCUT2D eigenvalue weighted by Crippen LogP contribution is 2.62. The predicted molar refractivity (Wildman–Crippen MR) is 246 cm³/mol. The minimum absolute atomic E-state index is 0.00391. The molecule has 4 fully saturated rings. The number of aldehydes is 1. The maximum absolute atomic E-state index is 14.6. The average Bonchev–Trinajstić information content (AvgIpc) is 4.11. The molecule has 360 valence electrons. The van der Waals surface area contributed by atoms with Crippen molar-refractivity contribution in [3.63, 3.8) is 0 Å². The molecule has 14 heteroatoms. The van der Waals surface area contributed by atoms with Crippen LogP contribution >= 0.6 is 0 Å². The Kier molecular flexibility index (Phi) is 13.0. The number of piperidine rings is 1. The molecular formula is C53H66N2O12. The smallest absolute Gasteiger partial charge is 0.375 e. The van der Waals surface area contributed by atoms with Gasteiger partial charge in [-0.05, 0) is 123 Å². The van der Waals surface area contributed by atoms with Crippen molar-refractivity contribution in [2.75, 3.05) is 66.3 Å². The van der Waals surface area contributed by atoms with E-state index < -0.39 is 42.7 Å². The molecule has 5 aliphatic heterocycles. The number of allylic oxidation sites excluding steroid dienone is 3. The molecule has 2 aromatic carbocycles. The van der Waals surface area contributed by atoms with Gasteiger partial charge < -0.3 is 49.0 Å². The highest BCUT2D eigenvalue weighted by Gasteiger charge is 2.61. The summed E-state index contributed by atoms with van der Waals surface area (Å²) in [7, 11) is 1.73. The molecule has 0 aromatic heterocycles. The lowest BCUT2D eigenvalue weighted by Gasteiger charge is -2.57. The fourth-order valence-electron chi connectivity index (χ4n) is 13.7. The summed E-state index contributed by atoms with van der Waals surface area (Å²) < 4.78 is 31.5. The Labute approximate surface area is 391 Å². The largest absolute Gasteiger partial charge is 0.492 e. The summed E-state index contributed by atoms with van der Waals surface area (Å²) >= 11 is 0. The minimum Gasteiger partial charge on any atom is -0.492 e. The molecule has 1 saturated heterocycles. The standard InChI is InChI=1S/C53H66N2O12/c1-3-64-51(61)50-39(26-58)44-33-17-34(25-57)46(60)37(19-33)36-18-32-9-13-54-42(32)20-31(36)8-7-30(24-56)28-65-48-38-21-43(66-47(38)40(27-59)49(67-50)45(44)48)53(62)29-52(11-4-5-12-52)22-35-23-55(14-6-16-63-2)15-10-41(35)53/h9,18,20,26,30,34-35,37,41,43,56-57,59,62H,3-8,10-17,19,21-25,27-29H2,1-2H3/b44-33+/t30-,34+,35-,37+,41+,43-,53+/m0/s1. The average molecular weight is 923 g/mol. The van der Waals surface area contributed by atoms with Crippen LogP contribution in [0, 0.1) is 29.1 Å². The molecule has 0 amide bonds. The lowest BCUT2D eigenvalue weighted by molar-refractivity contribution is -0.183. The number of likely N-dealkylation sites (tertiary alicyclic amines) is 1. The second-order valence-electron chi connectivity index (χ2n) is 20.6. The molecule has 67 heavy (non-hydrogen) atoms. The van der Waals surface area contributed by atoms with Crippen LogP contribution in [0.2, 0.25) is 0 Å². The zero-order valence-corrected chi connectivity index (χ0v) is 39.0. The molecule has 0 radical (unpaired) electrons. The number of carbonyl (C=O) groups excluding carboxylic acids is 3. The molecule has 14 nitrogen and oxygen atoms in total. The molecule has 7 atom stereocenters. The van der Waals surface area contributed by atoms with Gasteiger partial charge in [-0.15, -0.1) is 0 Å². The van der Waals surface area contributed by atoms with E-state index in [1.165, 1.54) is 0 Å². The molecule has 4 N–H and O–H groups in total. The van der Waals surface area contributed by atoms with Crippen molar-refractivity contribution in [1.82, 2.24) is 4.90 Å². The fourth-order valence-corrected chi connectivity index (χ4v) is 13.7. The summed E-state index contributed by atoms with van der Waals surface area (Å²) in [5.74, 6) is -2.36. The van der Waals surface area contributed by atoms with Crippen LogP contribution in [0.4, 0.5) is 0 Å². The zero-order valence-electron chi connectivity index (χ0n) is 39.0. The molecule has 0 unspecified atom stereocenters. The van der Waals surface area contributed by atoms with E-state index in [0.717, 1.165) is 86.3 Å². The Morgan fingerprint density at radius 2 is 1.90 bits per heavy atom. The van der Waals surface area contributed by atoms with Gasteiger partial charge in [0.25, 0.3) is 0 Å². The number of esters is 1. The first-order valence-electron chi connectivity index (χ1n) is 24.8. The van der Waals surface area contributed by atoms with Crippen molar-refractivity contribution >= 4 is 29.7 Å². The van der Waals surface area contributed by atoms with Gasteiger partial charge in [0.05, 0.1) is 55.0 Å². The fraction of sp³-hybridized carbons (Fsp3) is 0.623. The topological polar surface area (TPSA) is 194 Å². The SMILES string of the molecule is CCOC(=O)C1=C(C=O)/C2=C3/C[C@H](CO)C(=O)[C@H](C3)c3cc4c(cc3CC[C@@H](CO)COc3c5c(c(CO)c(c32)O1)O[C@H]([C@@]1(O)CC2(CCCC2)C[C@H]2CN(CCCOC)CC[C@H]21)C5)=NCC=4. The first-order valence-corrected chi connectivity index (χ1v) is 24.8. The first kappa shape index (κ1) is 46.3. The molecule has 2 aromatic rings. The third-order valence-electron chi connectivity index (χ3n) is 16.8. The number of fused-ring (bicyclic) bond motifs is 8. The summed E-state index contributed by atoms with van der Waals surface area (Å²) in [5, 5.41) is 48.7. The lowest BCUT2D eigenvalue weighted by atomic mass is 9.54. The Morgan fingerprint density at radius 1 is 1.06 bits per heavy atom. The number of methoxy groups -OCH3 is 1. The predicted octanol–water partition coefficient (Wildman–Crippen LogP) is 3.81. The number of benzene rings is 2. The van der Waals surface area contributed by atoms with E-state index in [1.807, 2.05) is 18.2 Å². The molecule has 2 bridgehead atoms. The number of hydrogen-bond donors (Lipinski definition) is 4. The van der Waals surface area contributed by atoms with Crippen LogP contribution < -0.4 is 24.8 Å². The quantitative estimate of drug-likeness (QED) is 0.145. The molecule has 5 heterocycles. The van der Waals surface area contributed by atoms with Crippen molar-refractivity contribution in [3.05, 3.63) is 67.4 Å². The van der Waals surface area contributed by atoms with Gasteiger partial charge in [0.1, 0.15) is 34.7 Å². The number of aliphatic hydroxyl groups excluding tert-OH is 3. The normalized spacial score (nSPS) is 30.7. The van der Waals surface area contributed by atoms with Gasteiger partial charge in [-0.3, -0.25) is 14.6 Å². The molecule has 3 saturated carbocycles. The number of hydrogen-bond acceptors (Lipinski definition) is 14. The monoisotopic (exact) mass is 922 g/mol. The lowest BCUT2D eigenvalue weighted by Crippen LogP contribution is -2.63. The maximum Gasteiger partial charge on any atom is 0.375 e. The van der Waals surface area contributed by atoms with Crippen molar-refractivity contribution in [2.45, 2.75) is 115 Å². The molecular weight excluding hydrogens is 857 g/mol. The van der Waals surface area contributed by atoms with E-state index in [1.54, 1.807) is 14.0 Å². The summed E-state index contributed by atoms with van der Waals surface area (Å²) in [6.45, 7) is 4.41. The van der Waals surface area contributed by atoms with Crippen LogP contribution in [0.25, 0.3) is 11.6 Å². The number of ketones is 1. The minimum atomic E-state index is -1.23. The number of Topliss-reactive ketones (excluding diaryl/α,β-unsaturated/α-hetero) is 1. The second-order valence-corrected chi connectivity index (χ2v) is 20.6. The van der Waals surface area contributed by atoms with E-state index >= 15 is 0 Å². The molecule has 10 rings (SSSR count). The van der Waals surface area contributed by atoms with Crippen LogP contribution in [-0.2, 0) is 43.3 Å². The van der Waals surface area contributed by atoms with Gasteiger partial charge in [0.2, 0.25) is 5.76 Å². The highest BCUT2D eigenvalue weighted by molar-refractivity contribution is 6.11. The third-order valence-corrected chi connectivity index (χ3v) is 16.8. The van der Waals surface area contributed by atoms with E-state index in [2.05, 4.69) is 9.89 Å². The number of carbonyl (C=O) groups is 3. The Balaban J connectivity index is 1.16. The maximum atomic E-state index is 14.6. The van der Waals surface area contributed by atoms with Crippen molar-refractivity contribution in [3.8, 4) is 17.2 Å². The van der Waals surface area contributed by atoms with Crippen molar-refractivity contribution < 1.29 is 58.5 Å². The number of aryl methyl sites for hydroxylation is 1. The van der Waals surface area contributed by atoms with Crippen molar-refractivity contribution in [2.24, 2.45) is 34.1 Å². The number of nitrogens with zero attached hydrogens (tertiary/aromatic N) is 2. The van der Waals surface area contributed by atoms with Crippen LogP contribution in [0.5, 0.6) is 17.2 Å². The second kappa shape index (κ2) is 18.8. The van der Waals surface area contributed by atoms with Crippen molar-refractivity contribution in [1.29, 1.82) is 0 Å². The van der Waals surface area contributed by atoms with Gasteiger partial charge in [0, 0.05) is 68.7 Å². The van der Waals surface area contributed by atoms with Gasteiger partial charge >= 0.3 is 5.97 Å². The van der Waals surface area contributed by atoms with Crippen LogP contribution in [0.15, 0.2) is 34.0 Å². The first-order chi connectivity index (χ1) is 32.6. The van der Waals surface area contributed by atoms with E-state index in [9.17, 15) is 34.8 Å². The number of ether oxygens (including phenoxy) is 5. The van der Waals surface area contributed by atoms with Gasteiger partial charge in [-0.2, -0.15) is 0 Å². The third kappa shape index (κ3) is 8.06. The number of rotatable bonds is 11. The summed E-state index contributed by atoms with van der Waals surface area (Å²) in [5.41, 5.74) is 2.55. The summed E-state index contributed by atoms with van der Waals surface area (Å²) in [6.07, 6.45) is 11.2. The van der Waals surface area contributed by atoms with E-state index in [0.29, 0.717) is 72.5 Å². The molecule has 8 aliphatic rings. The van der Waals surface area contributed by atoms with Gasteiger partial charge in [-0.1, -0.05) is 24.5 Å². The van der Waals surface area contributed by atoms with Gasteiger partial charge in [-0.25, -0.2) is 4.79 Å². The Hall–Kier alpha value is -4.44. The molecule has 1 spiro atoms. The molecule has 3 aliphatic carbocycles. The zero-order chi connectivity index (χ0) is 46.6. The number of aliphatic hydroxyl groups is 4. The summed E-state index contributed by atoms with van der Waals surface area (Å²) in [4.78, 5) is 49.4. The van der Waals surface area contributed by atoms with E-state index in [4.69, 9.17) is 23.7 Å². The van der Waals surface area contributed by atoms with Crippen LogP contribution in [0.3, 0.4) is 0 Å². The van der Waals surface area contributed by atoms with E-state index in [-0.39, 0.29) is 90.7 Å². The summed E-state index contributed by atoms with van der Waals surface area (Å²) in [6, 6.07) is 4.05. The Morgan fingerprint density at radius 3 is 2.64 bits per heavy atom.